The number of amides is 2. The molecule has 2 amide bonds. The fourth-order valence-electron chi connectivity index (χ4n) is 2.90. The second kappa shape index (κ2) is 8.81. The third kappa shape index (κ3) is 5.50. The number of nitrogens with one attached hydrogen (secondary N) is 2. The van der Waals surface area contributed by atoms with Crippen LogP contribution in [-0.4, -0.2) is 62.6 Å². The first-order chi connectivity index (χ1) is 12.6. The van der Waals surface area contributed by atoms with Crippen LogP contribution in [0, 0.1) is 19.8 Å². The molecule has 0 unspecified atom stereocenters. The lowest BCUT2D eigenvalue weighted by Gasteiger charge is -2.32. The number of hydrogen-bond acceptors (Lipinski definition) is 4. The molecule has 0 bridgehead atoms. The monoisotopic (exact) mass is 396 g/mol. The molecule has 1 fully saturated rings. The molecule has 8 nitrogen and oxygen atoms in total. The van der Waals surface area contributed by atoms with Crippen molar-refractivity contribution in [2.45, 2.75) is 26.7 Å². The van der Waals surface area contributed by atoms with Gasteiger partial charge in [0.25, 0.3) is 10.2 Å². The number of aryl methyl sites for hydroxylation is 2. The summed E-state index contributed by atoms with van der Waals surface area (Å²) in [5, 5.41) is 5.24. The molecule has 1 heterocycles. The zero-order valence-corrected chi connectivity index (χ0v) is 17.1. The highest BCUT2D eigenvalue weighted by atomic mass is 32.2. The molecule has 1 aromatic rings. The van der Waals surface area contributed by atoms with Crippen molar-refractivity contribution in [2.24, 2.45) is 5.92 Å². The Bertz CT molecular complexity index is 800. The third-order valence-electron chi connectivity index (χ3n) is 4.88. The maximum Gasteiger partial charge on any atom is 0.313 e. The number of hydrogen-bond donors (Lipinski definition) is 2. The number of carbonyl (C=O) groups excluding carboxylic acids is 2. The Balaban J connectivity index is 1.79. The summed E-state index contributed by atoms with van der Waals surface area (Å²) in [5.41, 5.74) is 2.73. The van der Waals surface area contributed by atoms with Gasteiger partial charge < -0.3 is 10.6 Å². The van der Waals surface area contributed by atoms with Crippen LogP contribution in [0.15, 0.2) is 18.2 Å². The average molecular weight is 397 g/mol. The van der Waals surface area contributed by atoms with Crippen LogP contribution in [0.3, 0.4) is 0 Å². The largest absolute Gasteiger partial charge is 0.348 e. The lowest BCUT2D eigenvalue weighted by molar-refractivity contribution is -0.136. The van der Waals surface area contributed by atoms with Crippen molar-refractivity contribution < 1.29 is 18.0 Å². The van der Waals surface area contributed by atoms with E-state index in [9.17, 15) is 18.0 Å². The van der Waals surface area contributed by atoms with Gasteiger partial charge in [-0.25, -0.2) is 0 Å². The molecule has 27 heavy (non-hydrogen) atoms. The Labute approximate surface area is 161 Å². The molecule has 9 heteroatoms. The first-order valence-corrected chi connectivity index (χ1v) is 10.3. The van der Waals surface area contributed by atoms with Gasteiger partial charge >= 0.3 is 11.8 Å². The summed E-state index contributed by atoms with van der Waals surface area (Å²) >= 11 is 0. The van der Waals surface area contributed by atoms with Gasteiger partial charge in [0.1, 0.15) is 0 Å². The number of rotatable bonds is 5. The molecular weight excluding hydrogens is 368 g/mol. The standard InChI is InChI=1S/C18H28N4O4S/c1-13-5-6-16(11-14(13)2)20-18(24)17(23)19-12-15-7-9-22(10-8-15)27(25,26)21(3)4/h5-6,11,15H,7-10,12H2,1-4H3,(H,19,23)(H,20,24). The van der Waals surface area contributed by atoms with Crippen LogP contribution >= 0.6 is 0 Å². The van der Waals surface area contributed by atoms with E-state index in [-0.39, 0.29) is 5.92 Å². The molecule has 0 saturated carbocycles. The van der Waals surface area contributed by atoms with Crippen molar-refractivity contribution in [3.8, 4) is 0 Å². The van der Waals surface area contributed by atoms with Gasteiger partial charge in [0.15, 0.2) is 0 Å². The molecular formula is C18H28N4O4S. The van der Waals surface area contributed by atoms with Crippen molar-refractivity contribution >= 4 is 27.7 Å². The van der Waals surface area contributed by atoms with Crippen LogP contribution in [0.4, 0.5) is 5.69 Å². The van der Waals surface area contributed by atoms with E-state index in [2.05, 4.69) is 10.6 Å². The molecule has 1 aliphatic heterocycles. The van der Waals surface area contributed by atoms with E-state index >= 15 is 0 Å². The van der Waals surface area contributed by atoms with E-state index in [1.54, 1.807) is 6.07 Å². The van der Waals surface area contributed by atoms with Crippen LogP contribution in [-0.2, 0) is 19.8 Å². The summed E-state index contributed by atoms with van der Waals surface area (Å²) in [6.07, 6.45) is 1.29. The van der Waals surface area contributed by atoms with Crippen LogP contribution in [0.25, 0.3) is 0 Å². The zero-order valence-electron chi connectivity index (χ0n) is 16.3. The van der Waals surface area contributed by atoms with Gasteiger partial charge in [-0.1, -0.05) is 6.07 Å². The maximum atomic E-state index is 12.1. The lowest BCUT2D eigenvalue weighted by atomic mass is 9.98. The predicted octanol–water partition coefficient (Wildman–Crippen LogP) is 0.877. The van der Waals surface area contributed by atoms with Gasteiger partial charge in [-0.2, -0.15) is 17.0 Å². The van der Waals surface area contributed by atoms with E-state index in [4.69, 9.17) is 0 Å². The SMILES string of the molecule is Cc1ccc(NC(=O)C(=O)NCC2CCN(S(=O)(=O)N(C)C)CC2)cc1C. The Morgan fingerprint density at radius 1 is 1.11 bits per heavy atom. The van der Waals surface area contributed by atoms with Crippen LogP contribution in [0.2, 0.25) is 0 Å². The fourth-order valence-corrected chi connectivity index (χ4v) is 4.03. The van der Waals surface area contributed by atoms with Crippen molar-refractivity contribution in [1.29, 1.82) is 0 Å². The zero-order chi connectivity index (χ0) is 20.2. The quantitative estimate of drug-likeness (QED) is 0.722. The molecule has 0 radical (unpaired) electrons. The van der Waals surface area contributed by atoms with Crippen molar-refractivity contribution in [1.82, 2.24) is 13.9 Å². The Hall–Kier alpha value is -1.97. The lowest BCUT2D eigenvalue weighted by Crippen LogP contribution is -2.46. The first-order valence-electron chi connectivity index (χ1n) is 8.95. The van der Waals surface area contributed by atoms with Gasteiger partial charge in [-0.05, 0) is 55.9 Å². The highest BCUT2D eigenvalue weighted by Crippen LogP contribution is 2.20. The average Bonchev–Trinajstić information content (AvgIpc) is 2.62. The smallest absolute Gasteiger partial charge is 0.313 e. The Morgan fingerprint density at radius 3 is 2.30 bits per heavy atom. The summed E-state index contributed by atoms with van der Waals surface area (Å²) in [7, 11) is -0.375. The summed E-state index contributed by atoms with van der Waals surface area (Å²) in [5.74, 6) is -1.24. The summed E-state index contributed by atoms with van der Waals surface area (Å²) in [6.45, 7) is 5.09. The van der Waals surface area contributed by atoms with Gasteiger partial charge in [-0.3, -0.25) is 9.59 Å². The number of piperidine rings is 1. The van der Waals surface area contributed by atoms with E-state index in [1.807, 2.05) is 26.0 Å². The van der Waals surface area contributed by atoms with Crippen molar-refractivity contribution in [2.75, 3.05) is 39.0 Å². The number of anilines is 1. The molecule has 0 aromatic heterocycles. The summed E-state index contributed by atoms with van der Waals surface area (Å²) < 4.78 is 26.8. The van der Waals surface area contributed by atoms with Gasteiger partial charge in [0, 0.05) is 39.4 Å². The topological polar surface area (TPSA) is 98.8 Å². The van der Waals surface area contributed by atoms with Crippen LogP contribution in [0.5, 0.6) is 0 Å². The third-order valence-corrected chi connectivity index (χ3v) is 6.82. The van der Waals surface area contributed by atoms with E-state index in [0.717, 1.165) is 11.1 Å². The number of benzene rings is 1. The molecule has 1 aromatic carbocycles. The molecule has 1 saturated heterocycles. The van der Waals surface area contributed by atoms with Crippen LogP contribution < -0.4 is 10.6 Å². The molecule has 0 atom stereocenters. The fraction of sp³-hybridized carbons (Fsp3) is 0.556. The van der Waals surface area contributed by atoms with Gasteiger partial charge in [-0.15, -0.1) is 0 Å². The minimum absolute atomic E-state index is 0.150. The first kappa shape index (κ1) is 21.3. The van der Waals surface area contributed by atoms with E-state index in [1.165, 1.54) is 22.7 Å². The predicted molar refractivity (Wildman–Crippen MR) is 104 cm³/mol. The normalized spacial score (nSPS) is 16.3. The molecule has 2 N–H and O–H groups in total. The molecule has 150 valence electrons. The van der Waals surface area contributed by atoms with Crippen molar-refractivity contribution in [3.63, 3.8) is 0 Å². The van der Waals surface area contributed by atoms with Gasteiger partial charge in [0.2, 0.25) is 0 Å². The molecule has 0 aliphatic carbocycles. The number of carbonyl (C=O) groups is 2. The van der Waals surface area contributed by atoms with Gasteiger partial charge in [0.05, 0.1) is 0 Å². The molecule has 1 aliphatic rings. The maximum absolute atomic E-state index is 12.1. The Kier molecular flexibility index (Phi) is 6.96. The summed E-state index contributed by atoms with van der Waals surface area (Å²) in [6, 6.07) is 5.47. The van der Waals surface area contributed by atoms with Crippen molar-refractivity contribution in [3.05, 3.63) is 29.3 Å². The van der Waals surface area contributed by atoms with Crippen LogP contribution in [0.1, 0.15) is 24.0 Å². The number of nitrogens with zero attached hydrogens (tertiary/aromatic N) is 2. The highest BCUT2D eigenvalue weighted by Gasteiger charge is 2.29. The molecule has 0 spiro atoms. The van der Waals surface area contributed by atoms with E-state index < -0.39 is 22.0 Å². The second-order valence-electron chi connectivity index (χ2n) is 7.10. The minimum Gasteiger partial charge on any atom is -0.348 e. The second-order valence-corrected chi connectivity index (χ2v) is 9.24. The minimum atomic E-state index is -3.39. The highest BCUT2D eigenvalue weighted by molar-refractivity contribution is 7.86. The summed E-state index contributed by atoms with van der Waals surface area (Å²) in [4.78, 5) is 24.0. The van der Waals surface area contributed by atoms with E-state index in [0.29, 0.717) is 38.2 Å². The Morgan fingerprint density at radius 2 is 1.74 bits per heavy atom. The molecule has 2 rings (SSSR count).